The number of hydrazone groups is 1. The van der Waals surface area contributed by atoms with Crippen LogP contribution in [0.4, 0.5) is 5.69 Å². The van der Waals surface area contributed by atoms with Gasteiger partial charge in [-0.2, -0.15) is 5.10 Å². The van der Waals surface area contributed by atoms with Crippen molar-refractivity contribution in [2.24, 2.45) is 11.0 Å². The lowest BCUT2D eigenvalue weighted by molar-refractivity contribution is -0.125. The number of amides is 1. The van der Waals surface area contributed by atoms with E-state index in [-0.39, 0.29) is 11.8 Å². The van der Waals surface area contributed by atoms with Gasteiger partial charge >= 0.3 is 0 Å². The first-order valence-corrected chi connectivity index (χ1v) is 6.87. The predicted molar refractivity (Wildman–Crippen MR) is 77.8 cm³/mol. The van der Waals surface area contributed by atoms with E-state index in [0.29, 0.717) is 0 Å². The van der Waals surface area contributed by atoms with Crippen molar-refractivity contribution in [1.29, 1.82) is 0 Å². The predicted octanol–water partition coefficient (Wildman–Crippen LogP) is 2.69. The highest BCUT2D eigenvalue weighted by Crippen LogP contribution is 2.23. The maximum absolute atomic E-state index is 11.9. The van der Waals surface area contributed by atoms with Gasteiger partial charge in [0.2, 0.25) is 5.91 Å². The molecule has 0 aromatic heterocycles. The smallest absolute Gasteiger partial charge is 0.243 e. The van der Waals surface area contributed by atoms with Gasteiger partial charge in [-0.3, -0.25) is 4.79 Å². The summed E-state index contributed by atoms with van der Waals surface area (Å²) in [7, 11) is 0. The largest absolute Gasteiger partial charge is 0.399 e. The maximum Gasteiger partial charge on any atom is 0.243 e. The number of benzene rings is 1. The Balaban J connectivity index is 1.93. The summed E-state index contributed by atoms with van der Waals surface area (Å²) in [5.74, 6) is 0.186. The van der Waals surface area contributed by atoms with E-state index in [1.54, 1.807) is 0 Å². The van der Waals surface area contributed by atoms with E-state index in [1.807, 2.05) is 31.2 Å². The monoisotopic (exact) mass is 259 g/mol. The summed E-state index contributed by atoms with van der Waals surface area (Å²) in [5, 5.41) is 4.18. The van der Waals surface area contributed by atoms with Crippen LogP contribution in [0.25, 0.3) is 0 Å². The van der Waals surface area contributed by atoms with Crippen LogP contribution in [0, 0.1) is 5.92 Å². The van der Waals surface area contributed by atoms with E-state index >= 15 is 0 Å². The molecular formula is C15H21N3O. The molecule has 1 aromatic rings. The summed E-state index contributed by atoms with van der Waals surface area (Å²) in [5.41, 5.74) is 10.8. The fourth-order valence-corrected chi connectivity index (χ4v) is 2.38. The standard InChI is InChI=1S/C15H21N3O/c1-11(12-7-9-14(16)10-8-12)17-18-15(19)13-5-3-2-4-6-13/h7-10,13H,2-6,16H2,1H3,(H,18,19)/b17-11+. The van der Waals surface area contributed by atoms with Crippen LogP contribution in [0.15, 0.2) is 29.4 Å². The highest BCUT2D eigenvalue weighted by molar-refractivity contribution is 5.99. The second-order valence-corrected chi connectivity index (χ2v) is 5.13. The number of anilines is 1. The molecule has 0 saturated heterocycles. The molecule has 0 spiro atoms. The van der Waals surface area contributed by atoms with Gasteiger partial charge in [0.05, 0.1) is 5.71 Å². The van der Waals surface area contributed by atoms with Crippen molar-refractivity contribution in [3.8, 4) is 0 Å². The van der Waals surface area contributed by atoms with Gasteiger partial charge in [-0.15, -0.1) is 0 Å². The fourth-order valence-electron chi connectivity index (χ4n) is 2.38. The van der Waals surface area contributed by atoms with Gasteiger partial charge < -0.3 is 5.73 Å². The average Bonchev–Trinajstić information content (AvgIpc) is 2.46. The summed E-state index contributed by atoms with van der Waals surface area (Å²) in [4.78, 5) is 11.9. The van der Waals surface area contributed by atoms with Crippen molar-refractivity contribution in [3.63, 3.8) is 0 Å². The van der Waals surface area contributed by atoms with Crippen LogP contribution in [0.1, 0.15) is 44.6 Å². The van der Waals surface area contributed by atoms with Gasteiger partial charge in [-0.05, 0) is 37.5 Å². The first kappa shape index (κ1) is 13.6. The summed E-state index contributed by atoms with van der Waals surface area (Å²) in [6.45, 7) is 1.88. The van der Waals surface area contributed by atoms with Crippen molar-refractivity contribution < 1.29 is 4.79 Å². The minimum absolute atomic E-state index is 0.0505. The van der Waals surface area contributed by atoms with Crippen molar-refractivity contribution in [2.75, 3.05) is 5.73 Å². The summed E-state index contributed by atoms with van der Waals surface area (Å²) < 4.78 is 0. The SMILES string of the molecule is C/C(=N\NC(=O)C1CCCCC1)c1ccc(N)cc1. The normalized spacial score (nSPS) is 17.2. The Labute approximate surface area is 114 Å². The molecule has 0 radical (unpaired) electrons. The van der Waals surface area contributed by atoms with Gasteiger partial charge in [0.15, 0.2) is 0 Å². The summed E-state index contributed by atoms with van der Waals surface area (Å²) >= 11 is 0. The van der Waals surface area contributed by atoms with Crippen LogP contribution >= 0.6 is 0 Å². The number of hydrogen-bond acceptors (Lipinski definition) is 3. The van der Waals surface area contributed by atoms with E-state index in [2.05, 4.69) is 10.5 Å². The van der Waals surface area contributed by atoms with E-state index in [9.17, 15) is 4.79 Å². The molecule has 1 aliphatic carbocycles. The molecule has 1 fully saturated rings. The van der Waals surface area contributed by atoms with Gasteiger partial charge in [0, 0.05) is 11.6 Å². The highest BCUT2D eigenvalue weighted by Gasteiger charge is 2.20. The van der Waals surface area contributed by atoms with Crippen LogP contribution < -0.4 is 11.2 Å². The maximum atomic E-state index is 11.9. The zero-order valence-electron chi connectivity index (χ0n) is 11.4. The Bertz CT molecular complexity index is 459. The number of carbonyl (C=O) groups excluding carboxylic acids is 1. The Hall–Kier alpha value is -1.84. The molecule has 1 aromatic carbocycles. The first-order chi connectivity index (χ1) is 9.16. The third-order valence-electron chi connectivity index (χ3n) is 3.64. The molecular weight excluding hydrogens is 238 g/mol. The number of carbonyl (C=O) groups is 1. The lowest BCUT2D eigenvalue weighted by Gasteiger charge is -2.19. The van der Waals surface area contributed by atoms with Gasteiger partial charge in [-0.1, -0.05) is 31.4 Å². The van der Waals surface area contributed by atoms with Crippen LogP contribution in [0.3, 0.4) is 0 Å². The molecule has 4 nitrogen and oxygen atoms in total. The molecule has 102 valence electrons. The summed E-state index contributed by atoms with van der Waals surface area (Å²) in [6, 6.07) is 7.47. The van der Waals surface area contributed by atoms with Gasteiger partial charge in [0.25, 0.3) is 0 Å². The molecule has 0 unspecified atom stereocenters. The van der Waals surface area contributed by atoms with Crippen LogP contribution in [0.5, 0.6) is 0 Å². The number of rotatable bonds is 3. The molecule has 1 saturated carbocycles. The Morgan fingerprint density at radius 2 is 1.84 bits per heavy atom. The van der Waals surface area contributed by atoms with E-state index in [1.165, 1.54) is 6.42 Å². The molecule has 4 heteroatoms. The Morgan fingerprint density at radius 3 is 2.47 bits per heavy atom. The van der Waals surface area contributed by atoms with E-state index in [4.69, 9.17) is 5.73 Å². The fraction of sp³-hybridized carbons (Fsp3) is 0.467. The molecule has 19 heavy (non-hydrogen) atoms. The van der Waals surface area contributed by atoms with Gasteiger partial charge in [-0.25, -0.2) is 5.43 Å². The average molecular weight is 259 g/mol. The topological polar surface area (TPSA) is 67.5 Å². The number of nitrogen functional groups attached to an aromatic ring is 1. The molecule has 3 N–H and O–H groups in total. The molecule has 2 rings (SSSR count). The van der Waals surface area contributed by atoms with Crippen molar-refractivity contribution >= 4 is 17.3 Å². The zero-order chi connectivity index (χ0) is 13.7. The van der Waals surface area contributed by atoms with E-state index in [0.717, 1.165) is 42.6 Å². The molecule has 1 amide bonds. The molecule has 0 bridgehead atoms. The van der Waals surface area contributed by atoms with Crippen molar-refractivity contribution in [1.82, 2.24) is 5.43 Å². The van der Waals surface area contributed by atoms with Crippen LogP contribution in [-0.2, 0) is 4.79 Å². The zero-order valence-corrected chi connectivity index (χ0v) is 11.4. The Morgan fingerprint density at radius 1 is 1.21 bits per heavy atom. The molecule has 0 atom stereocenters. The van der Waals surface area contributed by atoms with Gasteiger partial charge in [0.1, 0.15) is 0 Å². The lowest BCUT2D eigenvalue weighted by Crippen LogP contribution is -2.29. The minimum atomic E-state index is 0.0505. The quantitative estimate of drug-likeness (QED) is 0.498. The molecule has 0 aliphatic heterocycles. The second-order valence-electron chi connectivity index (χ2n) is 5.13. The lowest BCUT2D eigenvalue weighted by atomic mass is 9.89. The van der Waals surface area contributed by atoms with Crippen LogP contribution in [-0.4, -0.2) is 11.6 Å². The highest BCUT2D eigenvalue weighted by atomic mass is 16.2. The number of nitrogens with two attached hydrogens (primary N) is 1. The second kappa shape index (κ2) is 6.36. The van der Waals surface area contributed by atoms with Crippen molar-refractivity contribution in [2.45, 2.75) is 39.0 Å². The Kier molecular flexibility index (Phi) is 4.55. The van der Waals surface area contributed by atoms with Crippen LogP contribution in [0.2, 0.25) is 0 Å². The first-order valence-electron chi connectivity index (χ1n) is 6.87. The third-order valence-corrected chi connectivity index (χ3v) is 3.64. The number of hydrogen-bond donors (Lipinski definition) is 2. The third kappa shape index (κ3) is 3.81. The minimum Gasteiger partial charge on any atom is -0.399 e. The molecule has 0 heterocycles. The van der Waals surface area contributed by atoms with E-state index < -0.39 is 0 Å². The molecule has 1 aliphatic rings. The summed E-state index contributed by atoms with van der Waals surface area (Å²) in [6.07, 6.45) is 5.53. The number of nitrogens with zero attached hydrogens (tertiary/aromatic N) is 1. The number of nitrogens with one attached hydrogen (secondary N) is 1. The van der Waals surface area contributed by atoms with Crippen molar-refractivity contribution in [3.05, 3.63) is 29.8 Å².